The minimum Gasteiger partial charge on any atom is -0.457 e. The van der Waals surface area contributed by atoms with Gasteiger partial charge in [0.15, 0.2) is 9.84 Å². The summed E-state index contributed by atoms with van der Waals surface area (Å²) in [6.45, 7) is 0. The van der Waals surface area contributed by atoms with Crippen LogP contribution in [0.2, 0.25) is 0 Å². The zero-order valence-corrected chi connectivity index (χ0v) is 13.9. The van der Waals surface area contributed by atoms with Crippen LogP contribution in [0.5, 0.6) is 11.5 Å². The minimum absolute atomic E-state index is 0.224. The molecular weight excluding hydrogens is 322 g/mol. The molecule has 1 fully saturated rings. The molecule has 0 amide bonds. The van der Waals surface area contributed by atoms with Gasteiger partial charge in [-0.05, 0) is 73.1 Å². The Kier molecular flexibility index (Phi) is 3.58. The highest BCUT2D eigenvalue weighted by molar-refractivity contribution is 7.91. The van der Waals surface area contributed by atoms with Gasteiger partial charge in [-0.3, -0.25) is 0 Å². The number of fused-ring (bicyclic) bond motifs is 1. The first-order chi connectivity index (χ1) is 11.6. The van der Waals surface area contributed by atoms with Crippen molar-refractivity contribution in [2.45, 2.75) is 30.1 Å². The molecule has 2 aromatic rings. The first kappa shape index (κ1) is 15.2. The summed E-state index contributed by atoms with van der Waals surface area (Å²) >= 11 is 0. The van der Waals surface area contributed by atoms with Crippen LogP contribution in [0, 0.1) is 17.2 Å². The van der Waals surface area contributed by atoms with Crippen molar-refractivity contribution in [2.75, 3.05) is 5.75 Å². The second kappa shape index (κ2) is 5.64. The van der Waals surface area contributed by atoms with Gasteiger partial charge in [-0.2, -0.15) is 5.26 Å². The Balaban J connectivity index is 1.67. The van der Waals surface area contributed by atoms with Gasteiger partial charge in [-0.15, -0.1) is 0 Å². The lowest BCUT2D eigenvalue weighted by Crippen LogP contribution is -2.21. The number of benzene rings is 2. The van der Waals surface area contributed by atoms with Gasteiger partial charge in [-0.25, -0.2) is 8.42 Å². The maximum absolute atomic E-state index is 12.5. The van der Waals surface area contributed by atoms with E-state index < -0.39 is 9.84 Å². The Morgan fingerprint density at radius 1 is 1.00 bits per heavy atom. The van der Waals surface area contributed by atoms with E-state index in [1.807, 2.05) is 12.1 Å². The van der Waals surface area contributed by atoms with Gasteiger partial charge < -0.3 is 4.74 Å². The monoisotopic (exact) mass is 339 g/mol. The zero-order chi connectivity index (χ0) is 16.7. The Morgan fingerprint density at radius 2 is 1.71 bits per heavy atom. The molecule has 1 unspecified atom stereocenters. The standard InChI is InChI=1S/C19H17NO3S/c20-12-13-1-5-15(6-2-13)23-16-7-8-18-17(14-3-4-14)9-10-24(21,22)19(18)11-16/h1-2,5-8,11,14,17H,3-4,9-10H2. The van der Waals surface area contributed by atoms with E-state index in [-0.39, 0.29) is 5.75 Å². The van der Waals surface area contributed by atoms with Crippen LogP contribution in [0.15, 0.2) is 47.4 Å². The van der Waals surface area contributed by atoms with E-state index in [0.717, 1.165) is 12.0 Å². The molecule has 0 bridgehead atoms. The summed E-state index contributed by atoms with van der Waals surface area (Å²) in [5, 5.41) is 8.83. The second-order valence-corrected chi connectivity index (χ2v) is 8.57. The molecule has 122 valence electrons. The van der Waals surface area contributed by atoms with Crippen LogP contribution >= 0.6 is 0 Å². The lowest BCUT2D eigenvalue weighted by atomic mass is 9.91. The summed E-state index contributed by atoms with van der Waals surface area (Å²) in [4.78, 5) is 0.428. The highest BCUT2D eigenvalue weighted by atomic mass is 32.2. The summed E-state index contributed by atoms with van der Waals surface area (Å²) in [6.07, 6.45) is 3.14. The van der Waals surface area contributed by atoms with Crippen LogP contribution in [-0.2, 0) is 9.84 Å². The van der Waals surface area contributed by atoms with E-state index in [2.05, 4.69) is 6.07 Å². The number of ether oxygens (including phenoxy) is 1. The molecule has 4 nitrogen and oxygen atoms in total. The molecule has 1 heterocycles. The summed E-state index contributed by atoms with van der Waals surface area (Å²) < 4.78 is 30.7. The van der Waals surface area contributed by atoms with Crippen LogP contribution in [0.25, 0.3) is 0 Å². The van der Waals surface area contributed by atoms with Gasteiger partial charge in [-0.1, -0.05) is 6.07 Å². The van der Waals surface area contributed by atoms with E-state index in [1.165, 1.54) is 12.8 Å². The Morgan fingerprint density at radius 3 is 2.38 bits per heavy atom. The molecular formula is C19H17NO3S. The highest BCUT2D eigenvalue weighted by Crippen LogP contribution is 2.49. The third-order valence-corrected chi connectivity index (χ3v) is 6.62. The van der Waals surface area contributed by atoms with Gasteiger partial charge >= 0.3 is 0 Å². The third-order valence-electron chi connectivity index (χ3n) is 4.83. The lowest BCUT2D eigenvalue weighted by molar-refractivity contribution is 0.476. The Labute approximate surface area is 141 Å². The van der Waals surface area contributed by atoms with Gasteiger partial charge in [0.25, 0.3) is 0 Å². The largest absolute Gasteiger partial charge is 0.457 e. The fraction of sp³-hybridized carbons (Fsp3) is 0.316. The quantitative estimate of drug-likeness (QED) is 0.847. The van der Waals surface area contributed by atoms with Crippen LogP contribution in [0.3, 0.4) is 0 Å². The van der Waals surface area contributed by atoms with E-state index in [1.54, 1.807) is 30.3 Å². The molecule has 2 aliphatic rings. The number of nitrogens with zero attached hydrogens (tertiary/aromatic N) is 1. The summed E-state index contributed by atoms with van der Waals surface area (Å²) in [6, 6.07) is 14.2. The van der Waals surface area contributed by atoms with E-state index in [4.69, 9.17) is 10.00 Å². The van der Waals surface area contributed by atoms with Crippen LogP contribution in [0.1, 0.15) is 36.3 Å². The Hall–Kier alpha value is -2.32. The number of rotatable bonds is 3. The average Bonchev–Trinajstić information content (AvgIpc) is 3.41. The first-order valence-corrected chi connectivity index (χ1v) is 9.77. The number of sulfone groups is 1. The third kappa shape index (κ3) is 2.78. The summed E-state index contributed by atoms with van der Waals surface area (Å²) in [5.74, 6) is 2.33. The highest BCUT2D eigenvalue weighted by Gasteiger charge is 2.39. The van der Waals surface area contributed by atoms with Gasteiger partial charge in [0.05, 0.1) is 22.3 Å². The topological polar surface area (TPSA) is 67.2 Å². The fourth-order valence-electron chi connectivity index (χ4n) is 3.42. The van der Waals surface area contributed by atoms with Crippen molar-refractivity contribution in [1.82, 2.24) is 0 Å². The van der Waals surface area contributed by atoms with Crippen molar-refractivity contribution in [1.29, 1.82) is 5.26 Å². The second-order valence-electron chi connectivity index (χ2n) is 6.49. The van der Waals surface area contributed by atoms with Crippen LogP contribution in [-0.4, -0.2) is 14.2 Å². The maximum Gasteiger partial charge on any atom is 0.178 e. The van der Waals surface area contributed by atoms with Gasteiger partial charge in [0.1, 0.15) is 11.5 Å². The average molecular weight is 339 g/mol. The molecule has 1 atom stereocenters. The molecule has 4 rings (SSSR count). The molecule has 1 aliphatic heterocycles. The van der Waals surface area contributed by atoms with Gasteiger partial charge in [0, 0.05) is 0 Å². The minimum atomic E-state index is -3.23. The molecule has 2 aromatic carbocycles. The molecule has 0 saturated heterocycles. The zero-order valence-electron chi connectivity index (χ0n) is 13.1. The van der Waals surface area contributed by atoms with Crippen molar-refractivity contribution in [3.05, 3.63) is 53.6 Å². The van der Waals surface area contributed by atoms with Crippen molar-refractivity contribution < 1.29 is 13.2 Å². The predicted molar refractivity (Wildman–Crippen MR) is 89.8 cm³/mol. The molecule has 5 heteroatoms. The van der Waals surface area contributed by atoms with E-state index in [0.29, 0.717) is 33.8 Å². The lowest BCUT2D eigenvalue weighted by Gasteiger charge is -2.25. The molecule has 0 N–H and O–H groups in total. The van der Waals surface area contributed by atoms with Crippen molar-refractivity contribution in [2.24, 2.45) is 5.92 Å². The molecule has 0 radical (unpaired) electrons. The Bertz CT molecular complexity index is 922. The number of hydrogen-bond acceptors (Lipinski definition) is 4. The first-order valence-electron chi connectivity index (χ1n) is 8.11. The summed E-state index contributed by atoms with van der Waals surface area (Å²) in [7, 11) is -3.23. The molecule has 1 aliphatic carbocycles. The van der Waals surface area contributed by atoms with Crippen LogP contribution in [0.4, 0.5) is 0 Å². The van der Waals surface area contributed by atoms with Crippen molar-refractivity contribution in [3.63, 3.8) is 0 Å². The predicted octanol–water partition coefficient (Wildman–Crippen LogP) is 4.02. The number of nitriles is 1. The van der Waals surface area contributed by atoms with Crippen molar-refractivity contribution >= 4 is 9.84 Å². The summed E-state index contributed by atoms with van der Waals surface area (Å²) in [5.41, 5.74) is 1.51. The van der Waals surface area contributed by atoms with E-state index in [9.17, 15) is 8.42 Å². The van der Waals surface area contributed by atoms with Crippen LogP contribution < -0.4 is 4.74 Å². The fourth-order valence-corrected chi connectivity index (χ4v) is 5.08. The van der Waals surface area contributed by atoms with Crippen molar-refractivity contribution in [3.8, 4) is 17.6 Å². The van der Waals surface area contributed by atoms with E-state index >= 15 is 0 Å². The normalized spacial score (nSPS) is 21.5. The SMILES string of the molecule is N#Cc1ccc(Oc2ccc3c(c2)S(=O)(=O)CCC3C2CC2)cc1. The molecule has 0 aromatic heterocycles. The smallest absolute Gasteiger partial charge is 0.178 e. The number of hydrogen-bond donors (Lipinski definition) is 0. The molecule has 0 spiro atoms. The molecule has 24 heavy (non-hydrogen) atoms. The van der Waals surface area contributed by atoms with Gasteiger partial charge in [0.2, 0.25) is 0 Å². The maximum atomic E-state index is 12.5. The molecule has 1 saturated carbocycles.